The average Bonchev–Trinajstić information content (AvgIpc) is 3.25. The molecule has 1 N–H and O–H groups in total. The van der Waals surface area contributed by atoms with Gasteiger partial charge in [0, 0.05) is 40.5 Å². The molecule has 1 aliphatic heterocycles. The lowest BCUT2D eigenvalue weighted by atomic mass is 9.85. The van der Waals surface area contributed by atoms with Crippen LogP contribution in [0.5, 0.6) is 0 Å². The summed E-state index contributed by atoms with van der Waals surface area (Å²) in [4.78, 5) is 41.0. The van der Waals surface area contributed by atoms with E-state index in [-0.39, 0.29) is 11.3 Å². The third-order valence-electron chi connectivity index (χ3n) is 5.52. The van der Waals surface area contributed by atoms with E-state index in [1.54, 1.807) is 24.5 Å². The number of thiophene rings is 1. The highest BCUT2D eigenvalue weighted by atomic mass is 32.1. The van der Waals surface area contributed by atoms with Crippen LogP contribution in [-0.2, 0) is 14.1 Å². The normalized spacial score (nSPS) is 17.2. The Morgan fingerprint density at radius 3 is 2.36 bits per heavy atom. The molecule has 2 aromatic heterocycles. The van der Waals surface area contributed by atoms with Crippen LogP contribution in [0.4, 0.5) is 5.82 Å². The lowest BCUT2D eigenvalue weighted by Gasteiger charge is -2.28. The summed E-state index contributed by atoms with van der Waals surface area (Å²) < 4.78 is 2.55. The van der Waals surface area contributed by atoms with Crippen LogP contribution in [0.1, 0.15) is 37.2 Å². The van der Waals surface area contributed by atoms with E-state index in [4.69, 9.17) is 0 Å². The van der Waals surface area contributed by atoms with Crippen molar-refractivity contribution in [2.45, 2.75) is 12.8 Å². The van der Waals surface area contributed by atoms with Gasteiger partial charge in [0.15, 0.2) is 5.78 Å². The number of ketones is 1. The number of benzene rings is 1. The first-order valence-corrected chi connectivity index (χ1v) is 9.73. The molecule has 0 radical (unpaired) electrons. The lowest BCUT2D eigenvalue weighted by Crippen LogP contribution is -2.42. The van der Waals surface area contributed by atoms with Gasteiger partial charge in [0.2, 0.25) is 0 Å². The molecule has 0 saturated heterocycles. The van der Waals surface area contributed by atoms with Gasteiger partial charge < -0.3 is 5.32 Å². The zero-order valence-corrected chi connectivity index (χ0v) is 16.4. The van der Waals surface area contributed by atoms with Gasteiger partial charge in [0.25, 0.3) is 5.56 Å². The summed E-state index contributed by atoms with van der Waals surface area (Å²) >= 11 is 1.56. The SMILES string of the molecule is Cc1ccc([C@@H]2C3=C(Nc4c2c(=O)n(C)c(=O)n4C)c2ccccc2C3=O)s1. The van der Waals surface area contributed by atoms with Gasteiger partial charge in [0.05, 0.1) is 17.2 Å². The number of nitrogens with zero attached hydrogens (tertiary/aromatic N) is 2. The Kier molecular flexibility index (Phi) is 3.42. The van der Waals surface area contributed by atoms with Crippen LogP contribution in [0.3, 0.4) is 0 Å². The maximum atomic E-state index is 13.3. The summed E-state index contributed by atoms with van der Waals surface area (Å²) in [5, 5.41) is 3.24. The predicted molar refractivity (Wildman–Crippen MR) is 109 cm³/mol. The second-order valence-corrected chi connectivity index (χ2v) is 8.46. The number of anilines is 1. The van der Waals surface area contributed by atoms with Gasteiger partial charge in [-0.1, -0.05) is 24.3 Å². The number of Topliss-reactive ketones (excluding diaryl/α,β-unsaturated/α-hetero) is 1. The zero-order valence-electron chi connectivity index (χ0n) is 15.6. The standard InChI is InChI=1S/C21H17N3O3S/c1-10-8-9-13(28-10)14-15-17(11-6-4-5-7-12(11)18(15)25)22-19-16(14)20(26)24(3)21(27)23(19)2/h4-9,14,22H,1-3H3/t14-/m1/s1. The third kappa shape index (κ3) is 2.05. The third-order valence-corrected chi connectivity index (χ3v) is 6.59. The molecule has 3 aromatic rings. The highest BCUT2D eigenvalue weighted by Gasteiger charge is 2.43. The number of aryl methyl sites for hydroxylation is 1. The molecule has 0 bridgehead atoms. The number of nitrogens with one attached hydrogen (secondary N) is 1. The Labute approximate surface area is 164 Å². The van der Waals surface area contributed by atoms with Crippen LogP contribution >= 0.6 is 11.3 Å². The first-order valence-electron chi connectivity index (χ1n) is 8.91. The van der Waals surface area contributed by atoms with E-state index >= 15 is 0 Å². The number of hydrogen-bond acceptors (Lipinski definition) is 5. The fourth-order valence-corrected chi connectivity index (χ4v) is 5.15. The molecule has 1 aromatic carbocycles. The molecule has 0 saturated carbocycles. The lowest BCUT2D eigenvalue weighted by molar-refractivity contribution is 0.103. The molecule has 1 atom stereocenters. The molecule has 0 unspecified atom stereocenters. The van der Waals surface area contributed by atoms with E-state index in [0.717, 1.165) is 19.9 Å². The van der Waals surface area contributed by atoms with E-state index < -0.39 is 11.6 Å². The van der Waals surface area contributed by atoms with Gasteiger partial charge in [-0.25, -0.2) is 4.79 Å². The minimum absolute atomic E-state index is 0.0734. The van der Waals surface area contributed by atoms with E-state index in [1.807, 2.05) is 37.3 Å². The first-order chi connectivity index (χ1) is 13.4. The molecule has 3 heterocycles. The number of hydrogen-bond donors (Lipinski definition) is 1. The summed E-state index contributed by atoms with van der Waals surface area (Å²) in [5.41, 5.74) is 2.34. The summed E-state index contributed by atoms with van der Waals surface area (Å²) in [7, 11) is 3.11. The highest BCUT2D eigenvalue weighted by Crippen LogP contribution is 2.48. The van der Waals surface area contributed by atoms with Crippen molar-refractivity contribution >= 4 is 28.6 Å². The van der Waals surface area contributed by atoms with Crippen LogP contribution in [0.15, 0.2) is 51.6 Å². The maximum absolute atomic E-state index is 13.3. The van der Waals surface area contributed by atoms with Gasteiger partial charge in [-0.15, -0.1) is 11.3 Å². The summed E-state index contributed by atoms with van der Waals surface area (Å²) in [5.74, 6) is -0.126. The summed E-state index contributed by atoms with van der Waals surface area (Å²) in [6, 6.07) is 11.4. The predicted octanol–water partition coefficient (Wildman–Crippen LogP) is 2.62. The number of aromatic nitrogens is 2. The number of rotatable bonds is 1. The molecule has 0 fully saturated rings. The van der Waals surface area contributed by atoms with Crippen molar-refractivity contribution in [2.24, 2.45) is 14.1 Å². The van der Waals surface area contributed by atoms with E-state index in [9.17, 15) is 14.4 Å². The zero-order chi connectivity index (χ0) is 19.7. The van der Waals surface area contributed by atoms with Gasteiger partial charge in [-0.05, 0) is 19.1 Å². The Morgan fingerprint density at radius 1 is 0.964 bits per heavy atom. The van der Waals surface area contributed by atoms with Crippen molar-refractivity contribution in [1.29, 1.82) is 0 Å². The first kappa shape index (κ1) is 16.9. The quantitative estimate of drug-likeness (QED) is 0.692. The van der Waals surface area contributed by atoms with E-state index in [0.29, 0.717) is 28.2 Å². The van der Waals surface area contributed by atoms with Crippen molar-refractivity contribution in [1.82, 2.24) is 9.13 Å². The van der Waals surface area contributed by atoms with Crippen molar-refractivity contribution in [3.8, 4) is 0 Å². The van der Waals surface area contributed by atoms with Crippen LogP contribution in [0.2, 0.25) is 0 Å². The maximum Gasteiger partial charge on any atom is 0.332 e. The Morgan fingerprint density at radius 2 is 1.68 bits per heavy atom. The monoisotopic (exact) mass is 391 g/mol. The molecule has 140 valence electrons. The van der Waals surface area contributed by atoms with Gasteiger partial charge in [-0.3, -0.25) is 18.7 Å². The molecule has 0 amide bonds. The van der Waals surface area contributed by atoms with E-state index in [2.05, 4.69) is 5.32 Å². The molecule has 6 nitrogen and oxygen atoms in total. The topological polar surface area (TPSA) is 73.1 Å². The second-order valence-electron chi connectivity index (χ2n) is 7.14. The number of allylic oxidation sites excluding steroid dienone is 1. The van der Waals surface area contributed by atoms with Crippen LogP contribution in [0.25, 0.3) is 5.70 Å². The molecular formula is C21H17N3O3S. The minimum Gasteiger partial charge on any atom is -0.340 e. The average molecular weight is 391 g/mol. The smallest absolute Gasteiger partial charge is 0.332 e. The summed E-state index contributed by atoms with van der Waals surface area (Å²) in [6.45, 7) is 2.00. The fraction of sp³-hybridized carbons (Fsp3) is 0.190. The van der Waals surface area contributed by atoms with Crippen molar-refractivity contribution in [3.05, 3.63) is 89.3 Å². The van der Waals surface area contributed by atoms with E-state index in [1.165, 1.54) is 11.6 Å². The van der Waals surface area contributed by atoms with Crippen LogP contribution in [-0.4, -0.2) is 14.9 Å². The molecule has 1 aliphatic carbocycles. The molecular weight excluding hydrogens is 374 g/mol. The molecule has 28 heavy (non-hydrogen) atoms. The number of carbonyl (C=O) groups is 1. The molecule has 5 rings (SSSR count). The Hall–Kier alpha value is -3.19. The van der Waals surface area contributed by atoms with Gasteiger partial charge in [-0.2, -0.15) is 0 Å². The van der Waals surface area contributed by atoms with Crippen LogP contribution in [0, 0.1) is 6.92 Å². The minimum atomic E-state index is -0.504. The van der Waals surface area contributed by atoms with Crippen molar-refractivity contribution in [2.75, 3.05) is 5.32 Å². The number of fused-ring (bicyclic) bond motifs is 3. The molecule has 7 heteroatoms. The fourth-order valence-electron chi connectivity index (χ4n) is 4.15. The number of carbonyl (C=O) groups excluding carboxylic acids is 1. The Bertz CT molecular complexity index is 1340. The summed E-state index contributed by atoms with van der Waals surface area (Å²) in [6.07, 6.45) is 0. The molecule has 0 spiro atoms. The van der Waals surface area contributed by atoms with Gasteiger partial charge >= 0.3 is 5.69 Å². The Balaban J connectivity index is 1.90. The van der Waals surface area contributed by atoms with Crippen molar-refractivity contribution < 1.29 is 4.79 Å². The highest BCUT2D eigenvalue weighted by molar-refractivity contribution is 7.12. The largest absolute Gasteiger partial charge is 0.340 e. The molecule has 2 aliphatic rings. The van der Waals surface area contributed by atoms with Crippen LogP contribution < -0.4 is 16.6 Å². The van der Waals surface area contributed by atoms with Gasteiger partial charge in [0.1, 0.15) is 5.82 Å². The second kappa shape index (κ2) is 5.65. The van der Waals surface area contributed by atoms with Crippen molar-refractivity contribution in [3.63, 3.8) is 0 Å².